The first-order valence-electron chi connectivity index (χ1n) is 7.53. The number of benzene rings is 2. The smallest absolute Gasteiger partial charge is 0.262 e. The number of ether oxygens (including phenoxy) is 1. The number of carbonyl (C=O) groups excluding carboxylic acids is 1. The van der Waals surface area contributed by atoms with Crippen molar-refractivity contribution in [3.05, 3.63) is 57.0 Å². The summed E-state index contributed by atoms with van der Waals surface area (Å²) in [5.41, 5.74) is 2.84. The van der Waals surface area contributed by atoms with Crippen molar-refractivity contribution in [3.63, 3.8) is 0 Å². The molecule has 122 valence electrons. The zero-order chi connectivity index (χ0) is 16.8. The summed E-state index contributed by atoms with van der Waals surface area (Å²) in [5, 5.41) is 3.62. The third-order valence-electron chi connectivity index (χ3n) is 3.51. The lowest BCUT2D eigenvalue weighted by Gasteiger charge is -2.16. The van der Waals surface area contributed by atoms with Crippen molar-refractivity contribution in [2.75, 3.05) is 11.9 Å². The molecule has 0 aromatic heterocycles. The van der Waals surface area contributed by atoms with Crippen molar-refractivity contribution in [1.82, 2.24) is 0 Å². The molecule has 0 spiro atoms. The summed E-state index contributed by atoms with van der Waals surface area (Å²) in [6.45, 7) is 4.03. The largest absolute Gasteiger partial charge is 0.484 e. The van der Waals surface area contributed by atoms with Gasteiger partial charge in [-0.25, -0.2) is 0 Å². The van der Waals surface area contributed by atoms with Gasteiger partial charge in [-0.2, -0.15) is 0 Å². The van der Waals surface area contributed by atoms with E-state index in [-0.39, 0.29) is 12.5 Å². The minimum atomic E-state index is -0.198. The first-order chi connectivity index (χ1) is 11.0. The van der Waals surface area contributed by atoms with Gasteiger partial charge in [0, 0.05) is 15.2 Å². The molecule has 0 bridgehead atoms. The van der Waals surface area contributed by atoms with E-state index in [1.54, 1.807) is 0 Å². The van der Waals surface area contributed by atoms with Crippen LogP contribution >= 0.6 is 27.5 Å². The van der Waals surface area contributed by atoms with Gasteiger partial charge in [-0.1, -0.05) is 53.5 Å². The van der Waals surface area contributed by atoms with E-state index in [2.05, 4.69) is 28.2 Å². The molecule has 3 nitrogen and oxygen atoms in total. The lowest BCUT2D eigenvalue weighted by atomic mass is 10.0. The normalized spacial score (nSPS) is 10.4. The fourth-order valence-corrected chi connectivity index (χ4v) is 3.02. The van der Waals surface area contributed by atoms with Crippen LogP contribution < -0.4 is 10.1 Å². The SMILES string of the molecule is CCc1ccc(Cl)c(CC)c1NC(=O)COc1cccc(Br)c1. The average Bonchev–Trinajstić information content (AvgIpc) is 2.53. The van der Waals surface area contributed by atoms with E-state index < -0.39 is 0 Å². The second-order valence-electron chi connectivity index (χ2n) is 5.06. The standard InChI is InChI=1S/C18H19BrClNO2/c1-3-12-8-9-16(20)15(4-2)18(12)21-17(22)11-23-14-7-5-6-13(19)10-14/h5-10H,3-4,11H2,1-2H3,(H,21,22). The number of hydrogen-bond donors (Lipinski definition) is 1. The fourth-order valence-electron chi connectivity index (χ4n) is 2.35. The Kier molecular flexibility index (Phi) is 6.48. The number of aryl methyl sites for hydroxylation is 1. The van der Waals surface area contributed by atoms with Gasteiger partial charge in [-0.15, -0.1) is 0 Å². The number of anilines is 1. The van der Waals surface area contributed by atoms with E-state index in [0.717, 1.165) is 34.1 Å². The summed E-state index contributed by atoms with van der Waals surface area (Å²) >= 11 is 9.62. The quantitative estimate of drug-likeness (QED) is 0.724. The topological polar surface area (TPSA) is 38.3 Å². The number of hydrogen-bond acceptors (Lipinski definition) is 2. The third-order valence-corrected chi connectivity index (χ3v) is 4.35. The molecule has 0 saturated carbocycles. The highest BCUT2D eigenvalue weighted by molar-refractivity contribution is 9.10. The number of halogens is 2. The Morgan fingerprint density at radius 3 is 2.65 bits per heavy atom. The first-order valence-corrected chi connectivity index (χ1v) is 8.70. The number of carbonyl (C=O) groups is 1. The lowest BCUT2D eigenvalue weighted by molar-refractivity contribution is -0.118. The molecule has 0 aliphatic rings. The highest BCUT2D eigenvalue weighted by Crippen LogP contribution is 2.29. The van der Waals surface area contributed by atoms with Gasteiger partial charge >= 0.3 is 0 Å². The van der Waals surface area contributed by atoms with Gasteiger partial charge in [-0.05, 0) is 48.2 Å². The van der Waals surface area contributed by atoms with Crippen LogP contribution in [-0.2, 0) is 17.6 Å². The Labute approximate surface area is 150 Å². The lowest BCUT2D eigenvalue weighted by Crippen LogP contribution is -2.22. The van der Waals surface area contributed by atoms with Gasteiger partial charge < -0.3 is 10.1 Å². The van der Waals surface area contributed by atoms with Crippen LogP contribution in [0.3, 0.4) is 0 Å². The fraction of sp³-hybridized carbons (Fsp3) is 0.278. The molecule has 0 fully saturated rings. The van der Waals surface area contributed by atoms with E-state index in [4.69, 9.17) is 16.3 Å². The monoisotopic (exact) mass is 395 g/mol. The van der Waals surface area contributed by atoms with Crippen molar-refractivity contribution in [3.8, 4) is 5.75 Å². The summed E-state index contributed by atoms with van der Waals surface area (Å²) in [4.78, 5) is 12.2. The Morgan fingerprint density at radius 1 is 1.22 bits per heavy atom. The average molecular weight is 397 g/mol. The van der Waals surface area contributed by atoms with Crippen LogP contribution in [-0.4, -0.2) is 12.5 Å². The molecular formula is C18H19BrClNO2. The maximum Gasteiger partial charge on any atom is 0.262 e. The maximum absolute atomic E-state index is 12.2. The number of nitrogens with one attached hydrogen (secondary N) is 1. The van der Waals surface area contributed by atoms with Gasteiger partial charge in [0.2, 0.25) is 0 Å². The number of rotatable bonds is 6. The van der Waals surface area contributed by atoms with Crippen LogP contribution in [0.4, 0.5) is 5.69 Å². The molecule has 0 aliphatic carbocycles. The first kappa shape index (κ1) is 17.8. The molecule has 2 aromatic rings. The van der Waals surface area contributed by atoms with Gasteiger partial charge in [0.25, 0.3) is 5.91 Å². The Hall–Kier alpha value is -1.52. The van der Waals surface area contributed by atoms with Crippen LogP contribution in [0.5, 0.6) is 5.75 Å². The van der Waals surface area contributed by atoms with Crippen molar-refractivity contribution in [2.45, 2.75) is 26.7 Å². The van der Waals surface area contributed by atoms with Crippen LogP contribution in [0.25, 0.3) is 0 Å². The Balaban J connectivity index is 2.09. The van der Waals surface area contributed by atoms with E-state index in [1.165, 1.54) is 0 Å². The zero-order valence-electron chi connectivity index (χ0n) is 13.2. The molecular weight excluding hydrogens is 378 g/mol. The Morgan fingerprint density at radius 2 is 2.00 bits per heavy atom. The molecule has 0 aliphatic heterocycles. The van der Waals surface area contributed by atoms with Gasteiger partial charge in [0.05, 0.1) is 0 Å². The van der Waals surface area contributed by atoms with Crippen LogP contribution in [0.2, 0.25) is 5.02 Å². The summed E-state index contributed by atoms with van der Waals surface area (Å²) in [7, 11) is 0. The molecule has 0 unspecified atom stereocenters. The van der Waals surface area contributed by atoms with Crippen LogP contribution in [0.1, 0.15) is 25.0 Å². The van der Waals surface area contributed by atoms with Crippen molar-refractivity contribution in [1.29, 1.82) is 0 Å². The molecule has 5 heteroatoms. The molecule has 2 rings (SSSR count). The van der Waals surface area contributed by atoms with E-state index in [0.29, 0.717) is 10.8 Å². The summed E-state index contributed by atoms with van der Waals surface area (Å²) in [6, 6.07) is 11.2. The van der Waals surface area contributed by atoms with Gasteiger partial charge in [-0.3, -0.25) is 4.79 Å². The molecule has 0 heterocycles. The van der Waals surface area contributed by atoms with Crippen molar-refractivity contribution >= 4 is 39.1 Å². The molecule has 1 N–H and O–H groups in total. The Bertz CT molecular complexity index is 703. The molecule has 2 aromatic carbocycles. The maximum atomic E-state index is 12.2. The second-order valence-corrected chi connectivity index (χ2v) is 6.38. The molecule has 0 radical (unpaired) electrons. The minimum absolute atomic E-state index is 0.0464. The van der Waals surface area contributed by atoms with Gasteiger partial charge in [0.15, 0.2) is 6.61 Å². The zero-order valence-corrected chi connectivity index (χ0v) is 15.5. The molecule has 23 heavy (non-hydrogen) atoms. The van der Waals surface area contributed by atoms with Crippen LogP contribution in [0.15, 0.2) is 40.9 Å². The predicted octanol–water partition coefficient (Wildman–Crippen LogP) is 5.24. The molecule has 0 saturated heterocycles. The second kappa shape index (κ2) is 8.37. The molecule has 0 atom stereocenters. The summed E-state index contributed by atoms with van der Waals surface area (Å²) in [6.07, 6.45) is 1.58. The minimum Gasteiger partial charge on any atom is -0.484 e. The predicted molar refractivity (Wildman–Crippen MR) is 98.5 cm³/mol. The molecule has 1 amide bonds. The van der Waals surface area contributed by atoms with Crippen molar-refractivity contribution in [2.24, 2.45) is 0 Å². The summed E-state index contributed by atoms with van der Waals surface area (Å²) < 4.78 is 6.43. The summed E-state index contributed by atoms with van der Waals surface area (Å²) in [5.74, 6) is 0.448. The highest BCUT2D eigenvalue weighted by atomic mass is 79.9. The van der Waals surface area contributed by atoms with Crippen molar-refractivity contribution < 1.29 is 9.53 Å². The third kappa shape index (κ3) is 4.72. The van der Waals surface area contributed by atoms with Gasteiger partial charge in [0.1, 0.15) is 5.75 Å². The van der Waals surface area contributed by atoms with E-state index in [9.17, 15) is 4.79 Å². The highest BCUT2D eigenvalue weighted by Gasteiger charge is 2.13. The number of amides is 1. The van der Waals surface area contributed by atoms with E-state index >= 15 is 0 Å². The van der Waals surface area contributed by atoms with Crippen LogP contribution in [0, 0.1) is 0 Å². The van der Waals surface area contributed by atoms with E-state index in [1.807, 2.05) is 43.3 Å².